The monoisotopic (exact) mass is 281 g/mol. The Morgan fingerprint density at radius 1 is 0.882 bits per heavy atom. The quantitative estimate of drug-likeness (QED) is 0.627. The molecule has 0 unspecified atom stereocenters. The van der Waals surface area contributed by atoms with E-state index in [2.05, 4.69) is 9.98 Å². The van der Waals surface area contributed by atoms with Crippen LogP contribution in [0.5, 0.6) is 0 Å². The Morgan fingerprint density at radius 3 is 1.59 bits per heavy atom. The molecule has 0 amide bonds. The van der Waals surface area contributed by atoms with Crippen LogP contribution in [0.15, 0.2) is 9.98 Å². The fourth-order valence-electron chi connectivity index (χ4n) is 1.32. The number of nitrogens with one attached hydrogen (secondary N) is 1. The van der Waals surface area contributed by atoms with E-state index in [4.69, 9.17) is 0 Å². The Morgan fingerprint density at radius 2 is 1.29 bits per heavy atom. The third kappa shape index (κ3) is 2.56. The molecule has 0 saturated heterocycles. The van der Waals surface area contributed by atoms with Gasteiger partial charge in [-0.25, -0.2) is 8.61 Å². The van der Waals surface area contributed by atoms with Gasteiger partial charge in [0.05, 0.1) is 26.2 Å². The fraction of sp³-hybridized carbons (Fsp3) is 0.667. The Kier molecular flexibility index (Phi) is 3.05. The van der Waals surface area contributed by atoms with Crippen LogP contribution < -0.4 is 4.13 Å². The molecule has 2 heterocycles. The number of hydrogen-bond acceptors (Lipinski definition) is 6. The zero-order valence-electron chi connectivity index (χ0n) is 8.72. The number of hydrogen-bond donors (Lipinski definition) is 1. The molecule has 0 bridgehead atoms. The Bertz CT molecular complexity index is 501. The molecule has 0 radical (unpaired) electrons. The predicted molar refractivity (Wildman–Crippen MR) is 61.1 cm³/mol. The van der Waals surface area contributed by atoms with Crippen LogP contribution in [0.4, 0.5) is 0 Å². The van der Waals surface area contributed by atoms with Crippen LogP contribution in [-0.2, 0) is 20.4 Å². The first-order valence-electron chi connectivity index (χ1n) is 4.74. The van der Waals surface area contributed by atoms with Crippen molar-refractivity contribution in [2.24, 2.45) is 9.98 Å². The average Bonchev–Trinajstić information content (AvgIpc) is 2.91. The van der Waals surface area contributed by atoms with Crippen LogP contribution in [0.25, 0.3) is 0 Å². The van der Waals surface area contributed by atoms with Crippen molar-refractivity contribution >= 4 is 33.1 Å². The highest BCUT2D eigenvalue weighted by atomic mass is 32.3. The molecule has 96 valence electrons. The zero-order chi connectivity index (χ0) is 12.5. The smallest absolute Gasteiger partial charge is 0.273 e. The summed E-state index contributed by atoms with van der Waals surface area (Å²) in [5, 5.41) is 0. The van der Waals surface area contributed by atoms with Crippen molar-refractivity contribution in [1.29, 1.82) is 0 Å². The van der Waals surface area contributed by atoms with Gasteiger partial charge in [-0.2, -0.15) is 16.8 Å². The molecule has 0 aliphatic carbocycles. The van der Waals surface area contributed by atoms with Crippen LogP contribution in [0.3, 0.4) is 0 Å². The van der Waals surface area contributed by atoms with Crippen LogP contribution >= 0.6 is 0 Å². The molecule has 11 heteroatoms. The summed E-state index contributed by atoms with van der Waals surface area (Å²) in [4.78, 5) is 7.41. The van der Waals surface area contributed by atoms with Crippen molar-refractivity contribution < 1.29 is 16.8 Å². The second kappa shape index (κ2) is 4.23. The largest absolute Gasteiger partial charge is 0.316 e. The van der Waals surface area contributed by atoms with Crippen molar-refractivity contribution in [2.45, 2.75) is 0 Å². The lowest BCUT2D eigenvalue weighted by Crippen LogP contribution is -2.47. The average molecular weight is 281 g/mol. The maximum Gasteiger partial charge on any atom is 0.316 e. The fourth-order valence-corrected chi connectivity index (χ4v) is 4.18. The van der Waals surface area contributed by atoms with Crippen molar-refractivity contribution in [1.82, 2.24) is 12.7 Å². The van der Waals surface area contributed by atoms with Gasteiger partial charge in [0.2, 0.25) is 0 Å². The van der Waals surface area contributed by atoms with Crippen LogP contribution in [0, 0.1) is 0 Å². The summed E-state index contributed by atoms with van der Waals surface area (Å²) >= 11 is 0. The van der Waals surface area contributed by atoms with Gasteiger partial charge in [-0.15, -0.1) is 0 Å². The van der Waals surface area contributed by atoms with Crippen LogP contribution in [0.1, 0.15) is 0 Å². The SMILES string of the molecule is O=S(=O)(NS(=O)(=O)N1C=NCC1)N1C=NCC1. The Hall–Kier alpha value is -1.20. The summed E-state index contributed by atoms with van der Waals surface area (Å²) in [5.41, 5.74) is 0. The predicted octanol–water partition coefficient (Wildman–Crippen LogP) is -2.25. The molecule has 2 aliphatic rings. The lowest BCUT2D eigenvalue weighted by atomic mass is 10.7. The van der Waals surface area contributed by atoms with Gasteiger partial charge in [-0.1, -0.05) is 4.13 Å². The van der Waals surface area contributed by atoms with Gasteiger partial charge in [0.1, 0.15) is 12.7 Å². The third-order valence-electron chi connectivity index (χ3n) is 2.15. The van der Waals surface area contributed by atoms with E-state index in [1.807, 2.05) is 0 Å². The third-order valence-corrected chi connectivity index (χ3v) is 5.62. The van der Waals surface area contributed by atoms with E-state index in [-0.39, 0.29) is 13.1 Å². The van der Waals surface area contributed by atoms with Crippen molar-refractivity contribution in [2.75, 3.05) is 26.2 Å². The van der Waals surface area contributed by atoms with E-state index in [9.17, 15) is 16.8 Å². The maximum atomic E-state index is 11.7. The maximum absolute atomic E-state index is 11.7. The molecule has 2 aliphatic heterocycles. The topological polar surface area (TPSA) is 112 Å². The van der Waals surface area contributed by atoms with E-state index in [0.717, 1.165) is 21.3 Å². The molecule has 0 atom stereocenters. The zero-order valence-corrected chi connectivity index (χ0v) is 10.4. The summed E-state index contributed by atoms with van der Waals surface area (Å²) in [7, 11) is -8.22. The molecule has 0 aromatic rings. The molecule has 0 saturated carbocycles. The number of nitrogens with zero attached hydrogens (tertiary/aromatic N) is 4. The van der Waals surface area contributed by atoms with Gasteiger partial charge >= 0.3 is 20.4 Å². The minimum Gasteiger partial charge on any atom is -0.273 e. The molecule has 0 aromatic carbocycles. The first-order valence-corrected chi connectivity index (χ1v) is 7.62. The highest BCUT2D eigenvalue weighted by Crippen LogP contribution is 2.06. The molecule has 1 N–H and O–H groups in total. The lowest BCUT2D eigenvalue weighted by Gasteiger charge is -2.19. The summed E-state index contributed by atoms with van der Waals surface area (Å²) in [5.74, 6) is 0. The summed E-state index contributed by atoms with van der Waals surface area (Å²) < 4.78 is 50.0. The standard InChI is InChI=1S/C6H11N5O4S2/c12-16(13,10-3-1-7-5-10)9-17(14,15)11-4-2-8-6-11/h5-6,9H,1-4H2. The van der Waals surface area contributed by atoms with E-state index in [0.29, 0.717) is 13.1 Å². The minimum atomic E-state index is -4.11. The van der Waals surface area contributed by atoms with Crippen molar-refractivity contribution in [3.8, 4) is 0 Å². The van der Waals surface area contributed by atoms with Gasteiger partial charge in [0.25, 0.3) is 0 Å². The van der Waals surface area contributed by atoms with E-state index >= 15 is 0 Å². The molecule has 2 rings (SSSR count). The molecule has 0 spiro atoms. The Balaban J connectivity index is 2.14. The molecular weight excluding hydrogens is 270 g/mol. The summed E-state index contributed by atoms with van der Waals surface area (Å²) in [6.45, 7) is 0.927. The van der Waals surface area contributed by atoms with E-state index in [1.54, 1.807) is 4.13 Å². The van der Waals surface area contributed by atoms with Crippen LogP contribution in [0.2, 0.25) is 0 Å². The second-order valence-corrected chi connectivity index (χ2v) is 6.86. The second-order valence-electron chi connectivity index (χ2n) is 3.36. The molecule has 0 fully saturated rings. The molecular formula is C6H11N5O4S2. The number of rotatable bonds is 4. The normalized spacial score (nSPS) is 20.5. The lowest BCUT2D eigenvalue weighted by molar-refractivity contribution is 0.517. The first kappa shape index (κ1) is 12.3. The van der Waals surface area contributed by atoms with E-state index < -0.39 is 20.4 Å². The van der Waals surface area contributed by atoms with Gasteiger partial charge in [0.15, 0.2) is 0 Å². The van der Waals surface area contributed by atoms with Gasteiger partial charge in [0, 0.05) is 0 Å². The minimum absolute atomic E-state index is 0.138. The highest BCUT2D eigenvalue weighted by molar-refractivity contribution is 8.02. The Labute approximate surface area is 99.2 Å². The van der Waals surface area contributed by atoms with Gasteiger partial charge in [-0.3, -0.25) is 9.98 Å². The molecule has 9 nitrogen and oxygen atoms in total. The van der Waals surface area contributed by atoms with Gasteiger partial charge < -0.3 is 0 Å². The van der Waals surface area contributed by atoms with Crippen molar-refractivity contribution in [3.63, 3.8) is 0 Å². The first-order chi connectivity index (χ1) is 7.92. The summed E-state index contributed by atoms with van der Waals surface area (Å²) in [6.07, 6.45) is 2.19. The summed E-state index contributed by atoms with van der Waals surface area (Å²) in [6, 6.07) is 0. The van der Waals surface area contributed by atoms with Crippen LogP contribution in [-0.4, -0.2) is 64.3 Å². The molecule has 0 aromatic heterocycles. The van der Waals surface area contributed by atoms with E-state index in [1.165, 1.54) is 0 Å². The van der Waals surface area contributed by atoms with Crippen molar-refractivity contribution in [3.05, 3.63) is 0 Å². The number of aliphatic imine (C=N–C) groups is 2. The van der Waals surface area contributed by atoms with Gasteiger partial charge in [-0.05, 0) is 0 Å². The highest BCUT2D eigenvalue weighted by Gasteiger charge is 2.31. The molecule has 17 heavy (non-hydrogen) atoms.